The Kier molecular flexibility index (Phi) is 5.23. The molecule has 0 atom stereocenters. The van der Waals surface area contributed by atoms with Crippen molar-refractivity contribution in [2.24, 2.45) is 12.0 Å². The summed E-state index contributed by atoms with van der Waals surface area (Å²) in [6, 6.07) is 20.2. The second-order valence-electron chi connectivity index (χ2n) is 6.95. The highest BCUT2D eigenvalue weighted by Gasteiger charge is 2.16. The SMILES string of the molecule is Cc1ccc(-c2c(-c3ccccc3)sc(=NC(=O)c3cccnc3)n2C)cc1C. The van der Waals surface area contributed by atoms with Crippen molar-refractivity contribution in [1.29, 1.82) is 0 Å². The number of thiazole rings is 1. The molecule has 0 unspecified atom stereocenters. The molecular formula is C24H21N3OS. The average molecular weight is 400 g/mol. The number of rotatable bonds is 3. The Morgan fingerprint density at radius 1 is 0.966 bits per heavy atom. The Morgan fingerprint density at radius 3 is 2.45 bits per heavy atom. The molecule has 4 aromatic rings. The predicted molar refractivity (Wildman–Crippen MR) is 118 cm³/mol. The molecule has 0 bridgehead atoms. The number of aryl methyl sites for hydroxylation is 2. The molecule has 0 saturated heterocycles. The van der Waals surface area contributed by atoms with E-state index in [9.17, 15) is 4.79 Å². The summed E-state index contributed by atoms with van der Waals surface area (Å²) in [5.74, 6) is -0.291. The van der Waals surface area contributed by atoms with Gasteiger partial charge in [0.25, 0.3) is 5.91 Å². The summed E-state index contributed by atoms with van der Waals surface area (Å²) in [6.45, 7) is 4.22. The van der Waals surface area contributed by atoms with Gasteiger partial charge in [-0.1, -0.05) is 53.8 Å². The maximum atomic E-state index is 12.6. The highest BCUT2D eigenvalue weighted by molar-refractivity contribution is 7.13. The third kappa shape index (κ3) is 3.82. The Labute approximate surface area is 173 Å². The maximum absolute atomic E-state index is 12.6. The first-order chi connectivity index (χ1) is 14.0. The molecule has 2 heterocycles. The van der Waals surface area contributed by atoms with E-state index in [2.05, 4.69) is 54.2 Å². The number of pyridine rings is 1. The zero-order valence-corrected chi connectivity index (χ0v) is 17.4. The number of amides is 1. The highest BCUT2D eigenvalue weighted by atomic mass is 32.1. The third-order valence-corrected chi connectivity index (χ3v) is 6.13. The summed E-state index contributed by atoms with van der Waals surface area (Å²) in [5, 5.41) is 0. The van der Waals surface area contributed by atoms with Crippen molar-refractivity contribution >= 4 is 17.2 Å². The fraction of sp³-hybridized carbons (Fsp3) is 0.125. The van der Waals surface area contributed by atoms with E-state index in [-0.39, 0.29) is 5.91 Å². The van der Waals surface area contributed by atoms with Crippen LogP contribution in [0.3, 0.4) is 0 Å². The minimum absolute atomic E-state index is 0.291. The number of benzene rings is 2. The lowest BCUT2D eigenvalue weighted by Gasteiger charge is -2.09. The van der Waals surface area contributed by atoms with Crippen molar-refractivity contribution in [2.45, 2.75) is 13.8 Å². The fourth-order valence-electron chi connectivity index (χ4n) is 3.19. The van der Waals surface area contributed by atoms with Crippen LogP contribution < -0.4 is 4.80 Å². The van der Waals surface area contributed by atoms with Gasteiger partial charge in [-0.25, -0.2) is 0 Å². The van der Waals surface area contributed by atoms with Crippen LogP contribution in [0.2, 0.25) is 0 Å². The van der Waals surface area contributed by atoms with E-state index < -0.39 is 0 Å². The molecule has 0 radical (unpaired) electrons. The van der Waals surface area contributed by atoms with E-state index in [4.69, 9.17) is 0 Å². The van der Waals surface area contributed by atoms with Gasteiger partial charge in [-0.15, -0.1) is 0 Å². The molecular weight excluding hydrogens is 378 g/mol. The number of carbonyl (C=O) groups is 1. The van der Waals surface area contributed by atoms with E-state index in [1.54, 1.807) is 24.5 Å². The molecule has 4 nitrogen and oxygen atoms in total. The molecule has 0 aliphatic heterocycles. The van der Waals surface area contributed by atoms with Crippen LogP contribution in [0.15, 0.2) is 78.0 Å². The number of carbonyl (C=O) groups excluding carboxylic acids is 1. The first-order valence-electron chi connectivity index (χ1n) is 9.36. The first-order valence-corrected chi connectivity index (χ1v) is 10.2. The quantitative estimate of drug-likeness (QED) is 0.477. The van der Waals surface area contributed by atoms with Gasteiger partial charge in [0.05, 0.1) is 16.1 Å². The van der Waals surface area contributed by atoms with Gasteiger partial charge in [-0.3, -0.25) is 9.78 Å². The molecule has 5 heteroatoms. The van der Waals surface area contributed by atoms with Crippen molar-refractivity contribution in [1.82, 2.24) is 9.55 Å². The van der Waals surface area contributed by atoms with Crippen LogP contribution in [0.5, 0.6) is 0 Å². The molecule has 4 rings (SSSR count). The minimum atomic E-state index is -0.291. The topological polar surface area (TPSA) is 47.2 Å². The van der Waals surface area contributed by atoms with Gasteiger partial charge in [0.2, 0.25) is 0 Å². The second-order valence-corrected chi connectivity index (χ2v) is 7.92. The summed E-state index contributed by atoms with van der Waals surface area (Å²) < 4.78 is 2.01. The molecule has 0 N–H and O–H groups in total. The summed E-state index contributed by atoms with van der Waals surface area (Å²) in [5.41, 5.74) is 6.25. The first kappa shape index (κ1) is 19.0. The van der Waals surface area contributed by atoms with Gasteiger partial charge >= 0.3 is 0 Å². The molecule has 0 aliphatic carbocycles. The number of hydrogen-bond donors (Lipinski definition) is 0. The zero-order chi connectivity index (χ0) is 20.4. The van der Waals surface area contributed by atoms with Crippen LogP contribution in [0.1, 0.15) is 21.5 Å². The fourth-order valence-corrected chi connectivity index (χ4v) is 4.34. The third-order valence-electron chi connectivity index (χ3n) is 4.95. The van der Waals surface area contributed by atoms with Crippen LogP contribution in [0.4, 0.5) is 0 Å². The van der Waals surface area contributed by atoms with Crippen molar-refractivity contribution in [3.8, 4) is 21.7 Å². The molecule has 0 spiro atoms. The summed E-state index contributed by atoms with van der Waals surface area (Å²) in [7, 11) is 1.96. The minimum Gasteiger partial charge on any atom is -0.319 e. The van der Waals surface area contributed by atoms with Gasteiger partial charge in [0.15, 0.2) is 4.80 Å². The Balaban J connectivity index is 1.93. The van der Waals surface area contributed by atoms with Crippen molar-refractivity contribution < 1.29 is 4.79 Å². The summed E-state index contributed by atoms with van der Waals surface area (Å²) >= 11 is 1.52. The summed E-state index contributed by atoms with van der Waals surface area (Å²) in [4.78, 5) is 22.8. The smallest absolute Gasteiger partial charge is 0.281 e. The molecule has 2 aromatic heterocycles. The second kappa shape index (κ2) is 7.97. The normalized spacial score (nSPS) is 11.6. The number of aromatic nitrogens is 2. The zero-order valence-electron chi connectivity index (χ0n) is 16.6. The molecule has 1 amide bonds. The van der Waals surface area contributed by atoms with Gasteiger partial charge in [-0.05, 0) is 54.3 Å². The molecule has 0 aliphatic rings. The van der Waals surface area contributed by atoms with Gasteiger partial charge in [-0.2, -0.15) is 4.99 Å². The van der Waals surface area contributed by atoms with Crippen LogP contribution in [0, 0.1) is 13.8 Å². The monoisotopic (exact) mass is 399 g/mol. The number of nitrogens with zero attached hydrogens (tertiary/aromatic N) is 3. The number of hydrogen-bond acceptors (Lipinski definition) is 3. The van der Waals surface area contributed by atoms with Crippen LogP contribution in [0.25, 0.3) is 21.7 Å². The van der Waals surface area contributed by atoms with Gasteiger partial charge in [0.1, 0.15) is 0 Å². The lowest BCUT2D eigenvalue weighted by atomic mass is 10.0. The van der Waals surface area contributed by atoms with E-state index in [1.165, 1.54) is 22.5 Å². The lowest BCUT2D eigenvalue weighted by Crippen LogP contribution is -2.14. The standard InChI is InChI=1S/C24H21N3OS/c1-16-11-12-19(14-17(16)2)21-22(18-8-5-4-6-9-18)29-24(27(21)3)26-23(28)20-10-7-13-25-15-20/h4-15H,1-3H3. The average Bonchev–Trinajstić information content (AvgIpc) is 3.07. The van der Waals surface area contributed by atoms with E-state index in [0.717, 1.165) is 21.7 Å². The Morgan fingerprint density at radius 2 is 1.76 bits per heavy atom. The van der Waals surface area contributed by atoms with Crippen molar-refractivity contribution in [3.63, 3.8) is 0 Å². The van der Waals surface area contributed by atoms with Crippen molar-refractivity contribution in [2.75, 3.05) is 0 Å². The van der Waals surface area contributed by atoms with Gasteiger partial charge in [0, 0.05) is 19.4 Å². The van der Waals surface area contributed by atoms with E-state index >= 15 is 0 Å². The van der Waals surface area contributed by atoms with E-state index in [1.807, 2.05) is 29.8 Å². The maximum Gasteiger partial charge on any atom is 0.281 e. The molecule has 29 heavy (non-hydrogen) atoms. The van der Waals surface area contributed by atoms with E-state index in [0.29, 0.717) is 10.4 Å². The van der Waals surface area contributed by atoms with Crippen LogP contribution in [-0.4, -0.2) is 15.5 Å². The molecule has 2 aromatic carbocycles. The summed E-state index contributed by atoms with van der Waals surface area (Å²) in [6.07, 6.45) is 3.19. The molecule has 144 valence electrons. The van der Waals surface area contributed by atoms with Gasteiger partial charge < -0.3 is 4.57 Å². The Bertz CT molecular complexity index is 1240. The van der Waals surface area contributed by atoms with Crippen LogP contribution in [-0.2, 0) is 7.05 Å². The lowest BCUT2D eigenvalue weighted by molar-refractivity contribution is 0.0997. The highest BCUT2D eigenvalue weighted by Crippen LogP contribution is 2.34. The van der Waals surface area contributed by atoms with Crippen molar-refractivity contribution in [3.05, 3.63) is 94.5 Å². The predicted octanol–water partition coefficient (Wildman–Crippen LogP) is 5.17. The van der Waals surface area contributed by atoms with Crippen LogP contribution >= 0.6 is 11.3 Å². The Hall–Kier alpha value is -3.31. The molecule has 0 fully saturated rings. The largest absolute Gasteiger partial charge is 0.319 e. The molecule has 0 saturated carbocycles.